The van der Waals surface area contributed by atoms with Gasteiger partial charge in [-0.05, 0) is 12.8 Å². The summed E-state index contributed by atoms with van der Waals surface area (Å²) in [6.45, 7) is 1.61. The van der Waals surface area contributed by atoms with Crippen molar-refractivity contribution in [2.24, 2.45) is 5.10 Å². The molecular formula is C12H19ClN8O3S. The summed E-state index contributed by atoms with van der Waals surface area (Å²) >= 11 is 6.10. The number of nitrogens with zero attached hydrogens (tertiary/aromatic N) is 5. The molecule has 1 saturated heterocycles. The third-order valence-corrected chi connectivity index (χ3v) is 4.94. The summed E-state index contributed by atoms with van der Waals surface area (Å²) in [5.74, 6) is -0.348. The van der Waals surface area contributed by atoms with Crippen molar-refractivity contribution in [2.75, 3.05) is 37.8 Å². The first kappa shape index (κ1) is 19.1. The van der Waals surface area contributed by atoms with E-state index in [9.17, 15) is 13.2 Å². The number of hydrogen-bond donors (Lipinski definition) is 3. The zero-order valence-corrected chi connectivity index (χ0v) is 15.3. The number of carbonyl (C=O) groups is 1. The Kier molecular flexibility index (Phi) is 5.98. The van der Waals surface area contributed by atoms with Crippen LogP contribution in [0.4, 0.5) is 11.6 Å². The summed E-state index contributed by atoms with van der Waals surface area (Å²) in [5.41, 5.74) is 5.62. The first-order chi connectivity index (χ1) is 11.7. The maximum absolute atomic E-state index is 12.1. The topological polar surface area (TPSA) is 146 Å². The smallest absolute Gasteiger partial charge is 0.316 e. The summed E-state index contributed by atoms with van der Waals surface area (Å²) in [5, 5.41) is 5.71. The van der Waals surface area contributed by atoms with E-state index in [4.69, 9.17) is 17.3 Å². The van der Waals surface area contributed by atoms with Crippen molar-refractivity contribution in [3.8, 4) is 0 Å². The van der Waals surface area contributed by atoms with Gasteiger partial charge < -0.3 is 16.0 Å². The minimum atomic E-state index is -3.74. The highest BCUT2D eigenvalue weighted by Crippen LogP contribution is 2.27. The maximum Gasteiger partial charge on any atom is 0.316 e. The Hall–Kier alpha value is -2.18. The predicted molar refractivity (Wildman–Crippen MR) is 94.6 cm³/mol. The number of nitrogens with two attached hydrogens (primary N) is 1. The molecule has 1 aliphatic rings. The predicted octanol–water partition coefficient (Wildman–Crippen LogP) is -0.618. The zero-order valence-electron chi connectivity index (χ0n) is 13.7. The summed E-state index contributed by atoms with van der Waals surface area (Å²) in [4.78, 5) is 24.0. The number of amides is 1. The van der Waals surface area contributed by atoms with Crippen LogP contribution in [0.3, 0.4) is 0 Å². The van der Waals surface area contributed by atoms with Crippen LogP contribution in [0.25, 0.3) is 0 Å². The molecule has 13 heteroatoms. The van der Waals surface area contributed by atoms with Gasteiger partial charge in [0, 0.05) is 27.2 Å². The highest BCUT2D eigenvalue weighted by molar-refractivity contribution is 7.87. The van der Waals surface area contributed by atoms with Crippen LogP contribution in [-0.2, 0) is 10.2 Å². The molecule has 25 heavy (non-hydrogen) atoms. The van der Waals surface area contributed by atoms with Gasteiger partial charge in [0.2, 0.25) is 0 Å². The monoisotopic (exact) mass is 390 g/mol. The van der Waals surface area contributed by atoms with Gasteiger partial charge in [-0.1, -0.05) is 11.6 Å². The Labute approximate surface area is 150 Å². The number of nitrogen functional groups attached to an aromatic ring is 1. The van der Waals surface area contributed by atoms with Crippen LogP contribution in [0, 0.1) is 0 Å². The van der Waals surface area contributed by atoms with Gasteiger partial charge >= 0.3 is 10.2 Å². The Bertz CT molecular complexity index is 777. The van der Waals surface area contributed by atoms with E-state index in [0.717, 1.165) is 36.6 Å². The van der Waals surface area contributed by atoms with Gasteiger partial charge in [0.1, 0.15) is 6.34 Å². The second kappa shape index (κ2) is 7.80. The number of hydrogen-bond acceptors (Lipinski definition) is 8. The lowest BCUT2D eigenvalue weighted by Crippen LogP contribution is -2.33. The molecule has 0 aromatic carbocycles. The van der Waals surface area contributed by atoms with Crippen molar-refractivity contribution in [3.63, 3.8) is 0 Å². The highest BCUT2D eigenvalue weighted by atomic mass is 35.5. The molecule has 0 aliphatic carbocycles. The fourth-order valence-electron chi connectivity index (χ4n) is 2.05. The van der Waals surface area contributed by atoms with Gasteiger partial charge in [0.05, 0.1) is 0 Å². The summed E-state index contributed by atoms with van der Waals surface area (Å²) in [7, 11) is -1.08. The first-order valence-electron chi connectivity index (χ1n) is 7.32. The van der Waals surface area contributed by atoms with E-state index in [-0.39, 0.29) is 16.7 Å². The third-order valence-electron chi connectivity index (χ3n) is 3.39. The fourth-order valence-corrected chi connectivity index (χ4v) is 2.65. The summed E-state index contributed by atoms with van der Waals surface area (Å²) < 4.78 is 23.8. The number of hydrazone groups is 1. The van der Waals surface area contributed by atoms with Crippen LogP contribution >= 0.6 is 11.6 Å². The molecule has 0 atom stereocenters. The minimum absolute atomic E-state index is 0.0755. The average molecular weight is 391 g/mol. The first-order valence-corrected chi connectivity index (χ1v) is 9.14. The molecule has 0 radical (unpaired) electrons. The molecule has 11 nitrogen and oxygen atoms in total. The van der Waals surface area contributed by atoms with Gasteiger partial charge in [-0.3, -0.25) is 4.79 Å². The van der Waals surface area contributed by atoms with Crippen molar-refractivity contribution in [3.05, 3.63) is 10.8 Å². The molecule has 0 saturated carbocycles. The van der Waals surface area contributed by atoms with E-state index < -0.39 is 16.1 Å². The number of carbonyl (C=O) groups excluding carboxylic acids is 1. The molecule has 2 heterocycles. The quantitative estimate of drug-likeness (QED) is 0.333. The average Bonchev–Trinajstić information content (AvgIpc) is 3.07. The van der Waals surface area contributed by atoms with Crippen molar-refractivity contribution >= 4 is 45.7 Å². The Morgan fingerprint density at radius 2 is 2.00 bits per heavy atom. The molecule has 2 rings (SSSR count). The molecule has 0 bridgehead atoms. The van der Waals surface area contributed by atoms with E-state index in [2.05, 4.69) is 20.4 Å². The Morgan fingerprint density at radius 3 is 2.60 bits per heavy atom. The molecule has 0 unspecified atom stereocenters. The van der Waals surface area contributed by atoms with Gasteiger partial charge in [-0.15, -0.1) is 0 Å². The lowest BCUT2D eigenvalue weighted by Gasteiger charge is -2.18. The van der Waals surface area contributed by atoms with E-state index in [0.29, 0.717) is 5.82 Å². The van der Waals surface area contributed by atoms with E-state index in [1.54, 1.807) is 0 Å². The lowest BCUT2D eigenvalue weighted by atomic mass is 10.3. The molecular weight excluding hydrogens is 372 g/mol. The molecule has 4 N–H and O–H groups in total. The number of nitrogens with one attached hydrogen (secondary N) is 2. The third kappa shape index (κ3) is 4.67. The van der Waals surface area contributed by atoms with Crippen molar-refractivity contribution in [2.45, 2.75) is 12.8 Å². The maximum atomic E-state index is 12.1. The van der Waals surface area contributed by atoms with Crippen LogP contribution < -0.4 is 20.8 Å². The van der Waals surface area contributed by atoms with Crippen LogP contribution in [0.15, 0.2) is 5.10 Å². The Morgan fingerprint density at radius 1 is 1.36 bits per heavy atom. The highest BCUT2D eigenvalue weighted by Gasteiger charge is 2.22. The largest absolute Gasteiger partial charge is 0.382 e. The van der Waals surface area contributed by atoms with Crippen LogP contribution in [0.5, 0.6) is 0 Å². The number of anilines is 2. The molecule has 1 amide bonds. The van der Waals surface area contributed by atoms with Gasteiger partial charge in [0.25, 0.3) is 5.91 Å². The molecule has 0 spiro atoms. The molecule has 1 fully saturated rings. The lowest BCUT2D eigenvalue weighted by molar-refractivity contribution is 0.0974. The van der Waals surface area contributed by atoms with Crippen molar-refractivity contribution < 1.29 is 13.2 Å². The standard InChI is InChI=1S/C12H19ClN8O3S/c1-20(2)25(23,24)19-16-7-15-12(22)8-10(14)18-11(9(13)17-8)21-5-3-4-6-21/h7,19H,3-6H2,1-2H3,(H2,14,18)(H,15,16,22). The zero-order chi connectivity index (χ0) is 18.6. The van der Waals surface area contributed by atoms with Crippen molar-refractivity contribution in [1.82, 2.24) is 24.4 Å². The van der Waals surface area contributed by atoms with Gasteiger partial charge in [-0.2, -0.15) is 22.7 Å². The number of halogens is 1. The van der Waals surface area contributed by atoms with E-state index in [1.165, 1.54) is 14.1 Å². The summed E-state index contributed by atoms with van der Waals surface area (Å²) in [6, 6.07) is 0. The van der Waals surface area contributed by atoms with Gasteiger partial charge in [0.15, 0.2) is 22.5 Å². The van der Waals surface area contributed by atoms with Gasteiger partial charge in [-0.25, -0.2) is 9.97 Å². The Balaban J connectivity index is 2.05. The second-order valence-corrected chi connectivity index (χ2v) is 7.60. The van der Waals surface area contributed by atoms with E-state index >= 15 is 0 Å². The van der Waals surface area contributed by atoms with Crippen molar-refractivity contribution in [1.29, 1.82) is 0 Å². The number of aromatic nitrogens is 2. The second-order valence-electron chi connectivity index (χ2n) is 5.38. The molecule has 1 aliphatic heterocycles. The van der Waals surface area contributed by atoms with Crippen LogP contribution in [0.2, 0.25) is 5.15 Å². The molecule has 1 aromatic heterocycles. The minimum Gasteiger partial charge on any atom is -0.382 e. The summed E-state index contributed by atoms with van der Waals surface area (Å²) in [6.07, 6.45) is 2.92. The molecule has 1 aromatic rings. The van der Waals surface area contributed by atoms with Crippen LogP contribution in [0.1, 0.15) is 23.3 Å². The number of rotatable bonds is 6. The fraction of sp³-hybridized carbons (Fsp3) is 0.500. The molecule has 138 valence electrons. The van der Waals surface area contributed by atoms with E-state index in [1.807, 2.05) is 9.73 Å². The van der Waals surface area contributed by atoms with Crippen LogP contribution in [-0.4, -0.2) is 62.1 Å². The normalized spacial score (nSPS) is 15.1. The SMILES string of the molecule is CN(C)S(=O)(=O)N/N=C/NC(=O)c1nc(Cl)c(N2CCCC2)nc1N.